The summed E-state index contributed by atoms with van der Waals surface area (Å²) in [5.74, 6) is 0.530. The van der Waals surface area contributed by atoms with Gasteiger partial charge in [0, 0.05) is 17.2 Å². The fourth-order valence-electron chi connectivity index (χ4n) is 4.93. The van der Waals surface area contributed by atoms with Gasteiger partial charge in [0.1, 0.15) is 12.4 Å². The fourth-order valence-corrected chi connectivity index (χ4v) is 6.11. The van der Waals surface area contributed by atoms with Crippen LogP contribution in [0.5, 0.6) is 0 Å². The molecule has 1 aliphatic heterocycles. The smallest absolute Gasteiger partial charge is 0.240 e. The van der Waals surface area contributed by atoms with E-state index < -0.39 is 0 Å². The maximum atomic E-state index is 13.8. The number of hydrogen-bond donors (Lipinski definition) is 1. The number of amides is 2. The highest BCUT2D eigenvalue weighted by Crippen LogP contribution is 2.48. The van der Waals surface area contributed by atoms with Crippen molar-refractivity contribution in [1.82, 2.24) is 20.1 Å². The van der Waals surface area contributed by atoms with Crippen molar-refractivity contribution in [1.29, 1.82) is 0 Å². The third-order valence-electron chi connectivity index (χ3n) is 6.92. The van der Waals surface area contributed by atoms with E-state index in [-0.39, 0.29) is 34.8 Å². The lowest BCUT2D eigenvalue weighted by molar-refractivity contribution is -0.123. The molecule has 0 bridgehead atoms. The van der Waals surface area contributed by atoms with Crippen LogP contribution in [0.1, 0.15) is 59.7 Å². The van der Waals surface area contributed by atoms with Gasteiger partial charge in [0.05, 0.1) is 34.6 Å². The predicted molar refractivity (Wildman–Crippen MR) is 161 cm³/mol. The number of nitrogens with one attached hydrogen (secondary N) is 1. The van der Waals surface area contributed by atoms with Crippen LogP contribution in [-0.2, 0) is 21.5 Å². The zero-order chi connectivity index (χ0) is 28.4. The minimum Gasteiger partial charge on any atom is -0.349 e. The SMILES string of the molecule is Cc1ccc(-n2nc(C(C)(C)C)c3c2N(CC(=O)NCc2ccccn2)C(=O)CS[C@@H]3c2cccc(C)c2)cc1. The summed E-state index contributed by atoms with van der Waals surface area (Å²) in [6.45, 7) is 10.7. The summed E-state index contributed by atoms with van der Waals surface area (Å²) in [6, 6.07) is 22.1. The minimum absolute atomic E-state index is 0.110. The summed E-state index contributed by atoms with van der Waals surface area (Å²) < 4.78 is 1.86. The number of benzene rings is 2. The molecular formula is C32H35N5O2S. The van der Waals surface area contributed by atoms with Gasteiger partial charge in [-0.15, -0.1) is 11.8 Å². The van der Waals surface area contributed by atoms with E-state index in [2.05, 4.69) is 62.3 Å². The van der Waals surface area contributed by atoms with E-state index in [4.69, 9.17) is 5.10 Å². The average Bonchev–Trinajstić information content (AvgIpc) is 3.26. The lowest BCUT2D eigenvalue weighted by Crippen LogP contribution is -2.42. The number of anilines is 1. The first-order valence-electron chi connectivity index (χ1n) is 13.5. The van der Waals surface area contributed by atoms with Gasteiger partial charge in [0.25, 0.3) is 0 Å². The van der Waals surface area contributed by atoms with Gasteiger partial charge < -0.3 is 5.32 Å². The number of carbonyl (C=O) groups excluding carboxylic acids is 2. The van der Waals surface area contributed by atoms with Crippen molar-refractivity contribution in [3.05, 3.63) is 107 Å². The molecule has 1 N–H and O–H groups in total. The molecule has 40 heavy (non-hydrogen) atoms. The quantitative estimate of drug-likeness (QED) is 0.333. The second-order valence-corrected chi connectivity index (χ2v) is 12.4. The van der Waals surface area contributed by atoms with Crippen molar-refractivity contribution < 1.29 is 9.59 Å². The summed E-state index contributed by atoms with van der Waals surface area (Å²) in [5, 5.41) is 7.98. The summed E-state index contributed by atoms with van der Waals surface area (Å²) in [7, 11) is 0. The molecule has 0 unspecified atom stereocenters. The van der Waals surface area contributed by atoms with E-state index in [1.807, 2.05) is 54.1 Å². The minimum atomic E-state index is -0.303. The van der Waals surface area contributed by atoms with Crippen molar-refractivity contribution >= 4 is 29.4 Å². The summed E-state index contributed by atoms with van der Waals surface area (Å²) >= 11 is 1.59. The molecule has 0 aliphatic carbocycles. The Bertz CT molecular complexity index is 1520. The molecule has 2 amide bonds. The Balaban J connectivity index is 1.65. The summed E-state index contributed by atoms with van der Waals surface area (Å²) in [6.07, 6.45) is 1.70. The van der Waals surface area contributed by atoms with Crippen LogP contribution in [0.3, 0.4) is 0 Å². The molecule has 3 heterocycles. The fraction of sp³-hybridized carbons (Fsp3) is 0.312. The van der Waals surface area contributed by atoms with E-state index in [1.165, 1.54) is 0 Å². The zero-order valence-electron chi connectivity index (χ0n) is 23.6. The number of rotatable bonds is 6. The highest BCUT2D eigenvalue weighted by Gasteiger charge is 2.39. The van der Waals surface area contributed by atoms with Gasteiger partial charge in [-0.1, -0.05) is 74.4 Å². The van der Waals surface area contributed by atoms with E-state index >= 15 is 0 Å². The van der Waals surface area contributed by atoms with Crippen LogP contribution in [0, 0.1) is 13.8 Å². The molecule has 2 aromatic carbocycles. The zero-order valence-corrected chi connectivity index (χ0v) is 24.5. The van der Waals surface area contributed by atoms with E-state index in [9.17, 15) is 9.59 Å². The Morgan fingerprint density at radius 2 is 1.80 bits per heavy atom. The molecule has 206 valence electrons. The summed E-state index contributed by atoms with van der Waals surface area (Å²) in [4.78, 5) is 33.0. The molecule has 0 spiro atoms. The van der Waals surface area contributed by atoms with E-state index in [0.29, 0.717) is 12.4 Å². The average molecular weight is 554 g/mol. The molecule has 1 atom stereocenters. The third-order valence-corrected chi connectivity index (χ3v) is 8.17. The van der Waals surface area contributed by atoms with Crippen molar-refractivity contribution in [3.63, 3.8) is 0 Å². The van der Waals surface area contributed by atoms with Gasteiger partial charge in [-0.25, -0.2) is 4.68 Å². The maximum absolute atomic E-state index is 13.8. The number of hydrogen-bond acceptors (Lipinski definition) is 5. The van der Waals surface area contributed by atoms with Crippen molar-refractivity contribution in [2.45, 2.75) is 51.8 Å². The maximum Gasteiger partial charge on any atom is 0.240 e. The molecule has 0 fully saturated rings. The van der Waals surface area contributed by atoms with Crippen LogP contribution in [0.4, 0.5) is 5.82 Å². The van der Waals surface area contributed by atoms with Crippen LogP contribution >= 0.6 is 11.8 Å². The number of nitrogens with zero attached hydrogens (tertiary/aromatic N) is 4. The largest absolute Gasteiger partial charge is 0.349 e. The molecule has 0 saturated heterocycles. The Hall–Kier alpha value is -3.91. The molecule has 1 aliphatic rings. The highest BCUT2D eigenvalue weighted by atomic mass is 32.2. The standard InChI is InChI=1S/C32H35N5O2S/c1-21-12-14-25(15-13-21)37-31-28(30(35-37)32(3,4)5)29(23-10-8-9-22(2)17-23)40-20-27(39)36(31)19-26(38)34-18-24-11-6-7-16-33-24/h6-17,29H,18-20H2,1-5H3,(H,34,38)/t29-/m1/s1. The molecule has 5 rings (SSSR count). The third kappa shape index (κ3) is 5.82. The van der Waals surface area contributed by atoms with Crippen LogP contribution in [0.25, 0.3) is 5.69 Å². The van der Waals surface area contributed by atoms with Gasteiger partial charge in [0.15, 0.2) is 0 Å². The molecule has 0 saturated carbocycles. The van der Waals surface area contributed by atoms with Crippen LogP contribution in [0.2, 0.25) is 0 Å². The Morgan fingerprint density at radius 3 is 2.48 bits per heavy atom. The van der Waals surface area contributed by atoms with Crippen LogP contribution in [0.15, 0.2) is 72.9 Å². The second-order valence-electron chi connectivity index (χ2n) is 11.3. The van der Waals surface area contributed by atoms with Crippen molar-refractivity contribution in [2.24, 2.45) is 0 Å². The number of pyridine rings is 1. The number of fused-ring (bicyclic) bond motifs is 1. The molecular weight excluding hydrogens is 518 g/mol. The van der Waals surface area contributed by atoms with E-state index in [1.54, 1.807) is 22.9 Å². The van der Waals surface area contributed by atoms with Crippen LogP contribution in [-0.4, -0.2) is 38.9 Å². The van der Waals surface area contributed by atoms with Gasteiger partial charge >= 0.3 is 0 Å². The lowest BCUT2D eigenvalue weighted by Gasteiger charge is -2.24. The van der Waals surface area contributed by atoms with Crippen molar-refractivity contribution in [2.75, 3.05) is 17.2 Å². The second kappa shape index (κ2) is 11.3. The first-order chi connectivity index (χ1) is 19.1. The topological polar surface area (TPSA) is 80.1 Å². The first-order valence-corrected chi connectivity index (χ1v) is 14.5. The molecule has 7 nitrogen and oxygen atoms in total. The Morgan fingerprint density at radius 1 is 1.02 bits per heavy atom. The molecule has 0 radical (unpaired) electrons. The predicted octanol–water partition coefficient (Wildman–Crippen LogP) is 5.67. The first kappa shape index (κ1) is 27.6. The number of aromatic nitrogens is 3. The highest BCUT2D eigenvalue weighted by molar-refractivity contribution is 8.00. The monoisotopic (exact) mass is 553 g/mol. The van der Waals surface area contributed by atoms with Gasteiger partial charge in [-0.3, -0.25) is 19.5 Å². The van der Waals surface area contributed by atoms with Crippen molar-refractivity contribution in [3.8, 4) is 5.69 Å². The number of carbonyl (C=O) groups is 2. The summed E-state index contributed by atoms with van der Waals surface area (Å²) in [5.41, 5.74) is 6.60. The number of aryl methyl sites for hydroxylation is 2. The normalized spacial score (nSPS) is 15.5. The molecule has 2 aromatic heterocycles. The Kier molecular flexibility index (Phi) is 7.81. The molecule has 8 heteroatoms. The van der Waals surface area contributed by atoms with Gasteiger partial charge in [0.2, 0.25) is 11.8 Å². The number of thioether (sulfide) groups is 1. The van der Waals surface area contributed by atoms with Gasteiger partial charge in [-0.2, -0.15) is 5.10 Å². The van der Waals surface area contributed by atoms with Crippen LogP contribution < -0.4 is 10.2 Å². The lowest BCUT2D eigenvalue weighted by atomic mass is 9.87. The molecule has 4 aromatic rings. The van der Waals surface area contributed by atoms with E-state index in [0.717, 1.165) is 39.3 Å². The Labute approximate surface area is 240 Å². The van der Waals surface area contributed by atoms with Gasteiger partial charge in [-0.05, 0) is 43.7 Å².